The molecule has 42 heavy (non-hydrogen) atoms. The Morgan fingerprint density at radius 1 is 0.500 bits per heavy atom. The fraction of sp³-hybridized carbons (Fsp3) is 0.400. The Balaban J connectivity index is 1.53. The van der Waals surface area contributed by atoms with Crippen molar-refractivity contribution in [2.75, 3.05) is 11.5 Å². The molecular formula is C40H52N2. The Kier molecular flexibility index (Phi) is 11.3. The van der Waals surface area contributed by atoms with Gasteiger partial charge in [0.05, 0.1) is 0 Å². The van der Waals surface area contributed by atoms with Crippen molar-refractivity contribution in [1.82, 2.24) is 0 Å². The molecule has 4 aromatic rings. The molecule has 4 rings (SSSR count). The highest BCUT2D eigenvalue weighted by molar-refractivity contribution is 5.49. The first-order chi connectivity index (χ1) is 20.3. The van der Waals surface area contributed by atoms with E-state index in [0.717, 1.165) is 11.4 Å². The molecule has 0 aliphatic rings. The number of nitrogens with two attached hydrogens (primary N) is 2. The van der Waals surface area contributed by atoms with Gasteiger partial charge in [-0.3, -0.25) is 0 Å². The van der Waals surface area contributed by atoms with Crippen LogP contribution >= 0.6 is 0 Å². The van der Waals surface area contributed by atoms with E-state index in [1.807, 2.05) is 12.1 Å². The lowest BCUT2D eigenvalue weighted by atomic mass is 9.83. The van der Waals surface area contributed by atoms with E-state index >= 15 is 0 Å². The number of nitrogen functional groups attached to an aromatic ring is 2. The second kappa shape index (κ2) is 15.1. The number of rotatable bonds is 14. The molecule has 0 saturated carbocycles. The van der Waals surface area contributed by atoms with Crippen molar-refractivity contribution in [2.24, 2.45) is 0 Å². The maximum atomic E-state index is 6.02. The Morgan fingerprint density at radius 2 is 0.881 bits per heavy atom. The molecule has 222 valence electrons. The summed E-state index contributed by atoms with van der Waals surface area (Å²) in [5.74, 6) is 1.07. The normalized spacial score (nSPS) is 13.5. The monoisotopic (exact) mass is 560 g/mol. The van der Waals surface area contributed by atoms with Gasteiger partial charge >= 0.3 is 0 Å². The highest BCUT2D eigenvalue weighted by Crippen LogP contribution is 2.35. The molecule has 0 aliphatic carbocycles. The molecule has 4 aromatic carbocycles. The predicted molar refractivity (Wildman–Crippen MR) is 184 cm³/mol. The Morgan fingerprint density at radius 3 is 1.29 bits per heavy atom. The van der Waals surface area contributed by atoms with Crippen LogP contribution in [0.15, 0.2) is 84.9 Å². The maximum absolute atomic E-state index is 6.02. The molecule has 0 aliphatic heterocycles. The van der Waals surface area contributed by atoms with E-state index in [9.17, 15) is 0 Å². The summed E-state index contributed by atoms with van der Waals surface area (Å²) in [6, 6.07) is 31.4. The third-order valence-corrected chi connectivity index (χ3v) is 9.29. The molecule has 4 N–H and O–H groups in total. The number of aryl methyl sites for hydroxylation is 2. The van der Waals surface area contributed by atoms with Gasteiger partial charge in [0.2, 0.25) is 0 Å². The SMILES string of the molecule is CCCCCCCCCC(c1ccc(C(C)c2ccc(N)cc2C)cc1)c1ccc(C(C)c2ccc(N)cc2C)cc1. The fourth-order valence-corrected chi connectivity index (χ4v) is 6.59. The zero-order chi connectivity index (χ0) is 30.1. The fourth-order valence-electron chi connectivity index (χ4n) is 6.59. The summed E-state index contributed by atoms with van der Waals surface area (Å²) in [5, 5.41) is 0. The third-order valence-electron chi connectivity index (χ3n) is 9.29. The summed E-state index contributed by atoms with van der Waals surface area (Å²) in [5.41, 5.74) is 24.4. The first-order valence-electron chi connectivity index (χ1n) is 16.2. The van der Waals surface area contributed by atoms with Crippen molar-refractivity contribution in [3.05, 3.63) is 129 Å². The summed E-state index contributed by atoms with van der Waals surface area (Å²) in [7, 11) is 0. The van der Waals surface area contributed by atoms with Gasteiger partial charge in [0, 0.05) is 29.1 Å². The van der Waals surface area contributed by atoms with E-state index < -0.39 is 0 Å². The van der Waals surface area contributed by atoms with E-state index in [1.54, 1.807) is 0 Å². The largest absolute Gasteiger partial charge is 0.399 e. The van der Waals surface area contributed by atoms with Crippen LogP contribution < -0.4 is 11.5 Å². The van der Waals surface area contributed by atoms with Crippen LogP contribution in [0.3, 0.4) is 0 Å². The molecule has 0 fully saturated rings. The minimum atomic E-state index is 0.332. The van der Waals surface area contributed by atoms with Crippen molar-refractivity contribution < 1.29 is 0 Å². The first-order valence-corrected chi connectivity index (χ1v) is 16.2. The second-order valence-corrected chi connectivity index (χ2v) is 12.5. The smallest absolute Gasteiger partial charge is 0.0316 e. The summed E-state index contributed by atoms with van der Waals surface area (Å²) in [6.45, 7) is 11.2. The topological polar surface area (TPSA) is 52.0 Å². The van der Waals surface area contributed by atoms with E-state index in [2.05, 4.69) is 107 Å². The van der Waals surface area contributed by atoms with Crippen LogP contribution in [0.5, 0.6) is 0 Å². The van der Waals surface area contributed by atoms with Crippen LogP contribution in [-0.2, 0) is 0 Å². The molecule has 0 amide bonds. The van der Waals surface area contributed by atoms with Crippen LogP contribution in [0.4, 0.5) is 11.4 Å². The molecule has 2 nitrogen and oxygen atoms in total. The highest BCUT2D eigenvalue weighted by Gasteiger charge is 2.18. The van der Waals surface area contributed by atoms with Crippen LogP contribution in [-0.4, -0.2) is 0 Å². The molecule has 2 atom stereocenters. The van der Waals surface area contributed by atoms with E-state index in [-0.39, 0.29) is 0 Å². The quantitative estimate of drug-likeness (QED) is 0.119. The average molecular weight is 561 g/mol. The van der Waals surface area contributed by atoms with Crippen molar-refractivity contribution in [3.8, 4) is 0 Å². The predicted octanol–water partition coefficient (Wildman–Crippen LogP) is 11.0. The Hall–Kier alpha value is -3.52. The summed E-state index contributed by atoms with van der Waals surface area (Å²) >= 11 is 0. The van der Waals surface area contributed by atoms with Crippen LogP contribution in [0, 0.1) is 13.8 Å². The average Bonchev–Trinajstić information content (AvgIpc) is 2.98. The summed E-state index contributed by atoms with van der Waals surface area (Å²) < 4.78 is 0. The van der Waals surface area contributed by atoms with Gasteiger partial charge in [0.1, 0.15) is 0 Å². The number of unbranched alkanes of at least 4 members (excludes halogenated alkanes) is 6. The van der Waals surface area contributed by atoms with E-state index in [4.69, 9.17) is 11.5 Å². The summed E-state index contributed by atoms with van der Waals surface area (Å²) in [6.07, 6.45) is 10.5. The molecule has 0 radical (unpaired) electrons. The molecule has 2 unspecified atom stereocenters. The minimum Gasteiger partial charge on any atom is -0.399 e. The van der Waals surface area contributed by atoms with Gasteiger partial charge in [0.15, 0.2) is 0 Å². The molecule has 2 heteroatoms. The van der Waals surface area contributed by atoms with Gasteiger partial charge < -0.3 is 11.5 Å². The van der Waals surface area contributed by atoms with Gasteiger partial charge in [0.25, 0.3) is 0 Å². The zero-order valence-corrected chi connectivity index (χ0v) is 26.6. The van der Waals surface area contributed by atoms with Gasteiger partial charge in [-0.1, -0.05) is 126 Å². The standard InChI is InChI=1S/C40H52N2/c1-6-7-8-9-10-11-12-13-40(34-18-14-32(15-19-34)30(4)38-24-22-36(41)26-28(38)2)35-20-16-33(17-21-35)31(5)39-25-23-37(42)27-29(39)3/h14-27,30-31,40H,6-13,41-42H2,1-5H3. The molecule has 0 bridgehead atoms. The number of benzene rings is 4. The van der Waals surface area contributed by atoms with Crippen LogP contribution in [0.2, 0.25) is 0 Å². The van der Waals surface area contributed by atoms with Gasteiger partial charge in [-0.15, -0.1) is 0 Å². The maximum Gasteiger partial charge on any atom is 0.0316 e. The van der Waals surface area contributed by atoms with Crippen molar-refractivity contribution in [2.45, 2.75) is 104 Å². The van der Waals surface area contributed by atoms with Gasteiger partial charge in [-0.25, -0.2) is 0 Å². The Bertz CT molecular complexity index is 1300. The zero-order valence-electron chi connectivity index (χ0n) is 26.6. The van der Waals surface area contributed by atoms with Crippen molar-refractivity contribution in [1.29, 1.82) is 0 Å². The Labute approximate surface area is 255 Å². The number of hydrogen-bond acceptors (Lipinski definition) is 2. The molecule has 0 heterocycles. The van der Waals surface area contributed by atoms with Crippen LogP contribution in [0.25, 0.3) is 0 Å². The molecule has 0 saturated heterocycles. The lowest BCUT2D eigenvalue weighted by Gasteiger charge is -2.22. The van der Waals surface area contributed by atoms with Crippen molar-refractivity contribution in [3.63, 3.8) is 0 Å². The molecule has 0 spiro atoms. The number of anilines is 2. The van der Waals surface area contributed by atoms with E-state index in [0.29, 0.717) is 17.8 Å². The lowest BCUT2D eigenvalue weighted by molar-refractivity contribution is 0.558. The van der Waals surface area contributed by atoms with Gasteiger partial charge in [-0.05, 0) is 89.0 Å². The highest BCUT2D eigenvalue weighted by atomic mass is 14.5. The molecular weight excluding hydrogens is 508 g/mol. The molecule has 0 aromatic heterocycles. The lowest BCUT2D eigenvalue weighted by Crippen LogP contribution is -2.05. The third kappa shape index (κ3) is 8.06. The van der Waals surface area contributed by atoms with Crippen molar-refractivity contribution >= 4 is 11.4 Å². The van der Waals surface area contributed by atoms with E-state index in [1.165, 1.54) is 95.9 Å². The number of hydrogen-bond donors (Lipinski definition) is 2. The summed E-state index contributed by atoms with van der Waals surface area (Å²) in [4.78, 5) is 0. The second-order valence-electron chi connectivity index (χ2n) is 12.5. The first kappa shape index (κ1) is 31.4. The van der Waals surface area contributed by atoms with Gasteiger partial charge in [-0.2, -0.15) is 0 Å². The van der Waals surface area contributed by atoms with Crippen LogP contribution in [0.1, 0.15) is 134 Å². The minimum absolute atomic E-state index is 0.332.